The number of alkyl halides is 1. The van der Waals surface area contributed by atoms with Crippen LogP contribution < -0.4 is 15.0 Å². The van der Waals surface area contributed by atoms with Crippen molar-refractivity contribution < 1.29 is 28.5 Å². The van der Waals surface area contributed by atoms with Crippen molar-refractivity contribution in [3.05, 3.63) is 17.8 Å². The van der Waals surface area contributed by atoms with Crippen LogP contribution in [0.1, 0.15) is 23.8 Å². The Balaban J connectivity index is 1.67. The van der Waals surface area contributed by atoms with Crippen LogP contribution in [0.15, 0.2) is 12.1 Å². The van der Waals surface area contributed by atoms with Crippen LogP contribution in [-0.4, -0.2) is 75.0 Å². The number of anilines is 1. The summed E-state index contributed by atoms with van der Waals surface area (Å²) in [7, 11) is 1.68. The highest BCUT2D eigenvalue weighted by atomic mass is 19.1. The highest BCUT2D eigenvalue weighted by Gasteiger charge is 2.37. The van der Waals surface area contributed by atoms with Gasteiger partial charge in [-0.15, -0.1) is 0 Å². The Bertz CT molecular complexity index is 671. The van der Waals surface area contributed by atoms with Crippen LogP contribution in [-0.2, 0) is 9.47 Å². The summed E-state index contributed by atoms with van der Waals surface area (Å²) in [6.45, 7) is 3.02. The van der Waals surface area contributed by atoms with Crippen molar-refractivity contribution in [2.75, 3.05) is 51.8 Å². The average Bonchev–Trinajstić information content (AvgIpc) is 3.43. The van der Waals surface area contributed by atoms with E-state index in [1.807, 2.05) is 6.07 Å². The van der Waals surface area contributed by atoms with E-state index in [1.54, 1.807) is 20.1 Å². The second-order valence-corrected chi connectivity index (χ2v) is 7.39. The smallest absolute Gasteiger partial charge is 0.270 e. The Morgan fingerprint density at radius 2 is 2.21 bits per heavy atom. The van der Waals surface area contributed by atoms with E-state index < -0.39 is 6.86 Å². The molecule has 2 heterocycles. The van der Waals surface area contributed by atoms with E-state index in [9.17, 15) is 14.3 Å². The van der Waals surface area contributed by atoms with Gasteiger partial charge in [0.1, 0.15) is 11.4 Å². The number of hydrogen-bond acceptors (Lipinski definition) is 7. The zero-order valence-corrected chi connectivity index (χ0v) is 16.3. The maximum atomic E-state index is 12.4. The molecule has 0 spiro atoms. The molecule has 2 N–H and O–H groups in total. The van der Waals surface area contributed by atoms with Gasteiger partial charge in [0, 0.05) is 32.8 Å². The molecule has 9 heteroatoms. The fourth-order valence-corrected chi connectivity index (χ4v) is 3.18. The third-order valence-electron chi connectivity index (χ3n) is 5.16. The lowest BCUT2D eigenvalue weighted by molar-refractivity contribution is 0.0444. The summed E-state index contributed by atoms with van der Waals surface area (Å²) >= 11 is 0. The molecule has 0 radical (unpaired) electrons. The van der Waals surface area contributed by atoms with Gasteiger partial charge in [-0.25, -0.2) is 9.37 Å². The highest BCUT2D eigenvalue weighted by Crippen LogP contribution is 2.39. The third kappa shape index (κ3) is 5.09. The van der Waals surface area contributed by atoms with Gasteiger partial charge in [-0.1, -0.05) is 0 Å². The number of aliphatic hydroxyl groups excluding tert-OH is 1. The number of ether oxygens (including phenoxy) is 3. The second-order valence-electron chi connectivity index (χ2n) is 7.39. The molecule has 1 saturated heterocycles. The van der Waals surface area contributed by atoms with Gasteiger partial charge in [-0.05, 0) is 37.3 Å². The fraction of sp³-hybridized carbons (Fsp3) is 0.684. The van der Waals surface area contributed by atoms with E-state index in [-0.39, 0.29) is 42.9 Å². The topological polar surface area (TPSA) is 93.2 Å². The maximum Gasteiger partial charge on any atom is 0.270 e. The Kier molecular flexibility index (Phi) is 7.03. The molecule has 1 amide bonds. The predicted octanol–water partition coefficient (Wildman–Crippen LogP) is 0.986. The zero-order valence-electron chi connectivity index (χ0n) is 16.3. The van der Waals surface area contributed by atoms with Crippen LogP contribution in [0.3, 0.4) is 0 Å². The Labute approximate surface area is 164 Å². The third-order valence-corrected chi connectivity index (χ3v) is 5.16. The minimum atomic E-state index is -0.889. The van der Waals surface area contributed by atoms with Crippen LogP contribution in [0.4, 0.5) is 10.1 Å². The minimum absolute atomic E-state index is 0.0834. The molecule has 1 aliphatic heterocycles. The van der Waals surface area contributed by atoms with E-state index >= 15 is 0 Å². The molecule has 8 nitrogen and oxygen atoms in total. The average molecular weight is 397 g/mol. The lowest BCUT2D eigenvalue weighted by Crippen LogP contribution is -2.52. The lowest BCUT2D eigenvalue weighted by Gasteiger charge is -2.40. The van der Waals surface area contributed by atoms with Gasteiger partial charge in [-0.2, -0.15) is 0 Å². The summed E-state index contributed by atoms with van der Waals surface area (Å²) in [5.41, 5.74) is 1.05. The van der Waals surface area contributed by atoms with Crippen molar-refractivity contribution in [1.82, 2.24) is 10.3 Å². The molecular formula is C19H28FN3O5. The second kappa shape index (κ2) is 9.49. The van der Waals surface area contributed by atoms with Crippen molar-refractivity contribution in [2.24, 2.45) is 11.8 Å². The van der Waals surface area contributed by atoms with E-state index in [0.29, 0.717) is 18.4 Å². The summed E-state index contributed by atoms with van der Waals surface area (Å²) in [4.78, 5) is 18.9. The molecule has 3 atom stereocenters. The van der Waals surface area contributed by atoms with Gasteiger partial charge in [0.15, 0.2) is 6.86 Å². The number of nitrogens with one attached hydrogen (secondary N) is 1. The molecule has 1 saturated carbocycles. The number of aromatic nitrogens is 1. The van der Waals surface area contributed by atoms with Crippen molar-refractivity contribution in [1.29, 1.82) is 0 Å². The normalized spacial score (nSPS) is 22.5. The van der Waals surface area contributed by atoms with Gasteiger partial charge in [0.05, 0.1) is 19.3 Å². The first-order valence-electron chi connectivity index (χ1n) is 9.52. The van der Waals surface area contributed by atoms with Crippen molar-refractivity contribution >= 4 is 11.6 Å². The maximum absolute atomic E-state index is 12.4. The standard InChI is InChI=1S/C19H28FN3O5/c1-12(9-27-11-20)21-18(25)16-3-4-17(23-6-15(7-23)26-2)19(22-16)28-10-14-5-13(14)8-24/h3-4,12-15,24H,5-11H2,1-2H3,(H,21,25)/t12-,13+,14+/m0/s1. The number of carbonyl (C=O) groups excluding carboxylic acids is 1. The van der Waals surface area contributed by atoms with Crippen LogP contribution in [0, 0.1) is 11.8 Å². The number of aliphatic hydroxyl groups is 1. The number of amides is 1. The number of hydrogen-bond donors (Lipinski definition) is 2. The number of pyridine rings is 1. The molecule has 1 aliphatic carbocycles. The number of rotatable bonds is 11. The Morgan fingerprint density at radius 3 is 2.86 bits per heavy atom. The quantitative estimate of drug-likeness (QED) is 0.575. The predicted molar refractivity (Wildman–Crippen MR) is 100 cm³/mol. The number of halogens is 1. The van der Waals surface area contributed by atoms with Crippen LogP contribution in [0.2, 0.25) is 0 Å². The molecular weight excluding hydrogens is 369 g/mol. The monoisotopic (exact) mass is 397 g/mol. The van der Waals surface area contributed by atoms with E-state index in [4.69, 9.17) is 9.47 Å². The highest BCUT2D eigenvalue weighted by molar-refractivity contribution is 5.93. The lowest BCUT2D eigenvalue weighted by atomic mass is 10.1. The van der Waals surface area contributed by atoms with Gasteiger partial charge < -0.3 is 29.5 Å². The molecule has 2 aliphatic rings. The van der Waals surface area contributed by atoms with Crippen LogP contribution in [0.5, 0.6) is 5.88 Å². The van der Waals surface area contributed by atoms with Gasteiger partial charge in [-0.3, -0.25) is 4.79 Å². The molecule has 156 valence electrons. The number of nitrogens with zero attached hydrogens (tertiary/aromatic N) is 2. The van der Waals surface area contributed by atoms with Crippen LogP contribution >= 0.6 is 0 Å². The number of carbonyl (C=O) groups is 1. The summed E-state index contributed by atoms with van der Waals surface area (Å²) in [5, 5.41) is 11.9. The van der Waals surface area contributed by atoms with Crippen LogP contribution in [0.25, 0.3) is 0 Å². The molecule has 0 bridgehead atoms. The first kappa shape index (κ1) is 20.8. The van der Waals surface area contributed by atoms with E-state index in [2.05, 4.69) is 19.9 Å². The number of methoxy groups -OCH3 is 1. The summed E-state index contributed by atoms with van der Waals surface area (Å²) in [6.07, 6.45) is 1.11. The fourth-order valence-electron chi connectivity index (χ4n) is 3.18. The van der Waals surface area contributed by atoms with Crippen molar-refractivity contribution in [2.45, 2.75) is 25.5 Å². The Morgan fingerprint density at radius 1 is 1.43 bits per heavy atom. The Hall–Kier alpha value is -1.97. The summed E-state index contributed by atoms with van der Waals surface area (Å²) < 4.78 is 28.0. The van der Waals surface area contributed by atoms with E-state index in [1.165, 1.54) is 0 Å². The first-order valence-corrected chi connectivity index (χ1v) is 9.52. The SMILES string of the molecule is COC1CN(c2ccc(C(=O)N[C@@H](C)COCF)nc2OC[C@H]2C[C@@H]2CO)C1. The molecule has 0 aromatic carbocycles. The minimum Gasteiger partial charge on any atom is -0.476 e. The largest absolute Gasteiger partial charge is 0.476 e. The molecule has 1 aromatic heterocycles. The summed E-state index contributed by atoms with van der Waals surface area (Å²) in [5.74, 6) is 0.633. The molecule has 1 aromatic rings. The summed E-state index contributed by atoms with van der Waals surface area (Å²) in [6, 6.07) is 3.12. The van der Waals surface area contributed by atoms with Gasteiger partial charge in [0.25, 0.3) is 5.91 Å². The molecule has 0 unspecified atom stereocenters. The molecule has 2 fully saturated rings. The van der Waals surface area contributed by atoms with Crippen molar-refractivity contribution in [3.8, 4) is 5.88 Å². The zero-order chi connectivity index (χ0) is 20.1. The van der Waals surface area contributed by atoms with E-state index in [0.717, 1.165) is 25.2 Å². The van der Waals surface area contributed by atoms with Gasteiger partial charge >= 0.3 is 0 Å². The van der Waals surface area contributed by atoms with Gasteiger partial charge in [0.2, 0.25) is 5.88 Å². The first-order chi connectivity index (χ1) is 13.5. The molecule has 3 rings (SSSR count). The van der Waals surface area contributed by atoms with Crippen molar-refractivity contribution in [3.63, 3.8) is 0 Å². The molecule has 28 heavy (non-hydrogen) atoms.